The van der Waals surface area contributed by atoms with Crippen LogP contribution in [0.15, 0.2) is 42.5 Å². The van der Waals surface area contributed by atoms with Gasteiger partial charge in [0.05, 0.1) is 17.4 Å². The molecule has 6 nitrogen and oxygen atoms in total. The first-order chi connectivity index (χ1) is 12.3. The highest BCUT2D eigenvalue weighted by atomic mass is 16.6. The van der Waals surface area contributed by atoms with Crippen LogP contribution in [-0.2, 0) is 5.41 Å². The molecule has 0 bridgehead atoms. The number of likely N-dealkylation sites (N-methyl/N-ethyl adjacent to an activating group) is 1. The Kier molecular flexibility index (Phi) is 3.31. The molecule has 0 N–H and O–H groups in total. The Morgan fingerprint density at radius 1 is 1.23 bits per heavy atom. The highest BCUT2D eigenvalue weighted by Gasteiger charge is 2.58. The SMILES string of the molecule is COc1ccc2c(c1)C(C)(C)[C@@]1(C=Cc3cccc([N+](=O)[O-])c3O1)N2C. The van der Waals surface area contributed by atoms with Gasteiger partial charge in [0.2, 0.25) is 11.5 Å². The molecular formula is C20H20N2O4. The largest absolute Gasteiger partial charge is 0.497 e. The highest BCUT2D eigenvalue weighted by molar-refractivity contribution is 5.75. The van der Waals surface area contributed by atoms with E-state index in [2.05, 4.69) is 13.8 Å². The molecule has 0 unspecified atom stereocenters. The minimum absolute atomic E-state index is 0.0241. The summed E-state index contributed by atoms with van der Waals surface area (Å²) in [6, 6.07) is 10.9. The summed E-state index contributed by atoms with van der Waals surface area (Å²) < 4.78 is 11.8. The molecule has 6 heteroatoms. The van der Waals surface area contributed by atoms with Gasteiger partial charge in [-0.1, -0.05) is 12.1 Å². The van der Waals surface area contributed by atoms with E-state index in [9.17, 15) is 10.1 Å². The van der Waals surface area contributed by atoms with Crippen molar-refractivity contribution in [3.63, 3.8) is 0 Å². The third-order valence-electron chi connectivity index (χ3n) is 5.60. The topological polar surface area (TPSA) is 64.8 Å². The third-order valence-corrected chi connectivity index (χ3v) is 5.60. The summed E-state index contributed by atoms with van der Waals surface area (Å²) in [5.41, 5.74) is 1.46. The number of hydrogen-bond acceptors (Lipinski definition) is 5. The molecule has 2 aromatic rings. The molecule has 2 aliphatic heterocycles. The smallest absolute Gasteiger partial charge is 0.311 e. The fraction of sp³-hybridized carbons (Fsp3) is 0.300. The molecule has 0 fully saturated rings. The molecule has 0 saturated heterocycles. The second kappa shape index (κ2) is 5.24. The summed E-state index contributed by atoms with van der Waals surface area (Å²) >= 11 is 0. The van der Waals surface area contributed by atoms with Crippen LogP contribution < -0.4 is 14.4 Å². The van der Waals surface area contributed by atoms with Gasteiger partial charge in [-0.05, 0) is 49.8 Å². The van der Waals surface area contributed by atoms with Crippen molar-refractivity contribution in [1.82, 2.24) is 0 Å². The number of hydrogen-bond donors (Lipinski definition) is 0. The van der Waals surface area contributed by atoms with E-state index in [0.29, 0.717) is 11.3 Å². The zero-order valence-corrected chi connectivity index (χ0v) is 15.1. The Labute approximate surface area is 151 Å². The van der Waals surface area contributed by atoms with Crippen LogP contribution in [0.25, 0.3) is 6.08 Å². The molecule has 2 aromatic carbocycles. The molecule has 134 valence electrons. The van der Waals surface area contributed by atoms with E-state index in [1.807, 2.05) is 48.4 Å². The molecule has 0 saturated carbocycles. The van der Waals surface area contributed by atoms with Crippen LogP contribution in [-0.4, -0.2) is 24.8 Å². The number of rotatable bonds is 2. The van der Waals surface area contributed by atoms with Gasteiger partial charge < -0.3 is 14.4 Å². The van der Waals surface area contributed by atoms with Crippen LogP contribution in [0.2, 0.25) is 0 Å². The Morgan fingerprint density at radius 3 is 2.69 bits per heavy atom. The first-order valence-corrected chi connectivity index (χ1v) is 8.40. The lowest BCUT2D eigenvalue weighted by Gasteiger charge is -2.45. The van der Waals surface area contributed by atoms with E-state index in [-0.39, 0.29) is 5.69 Å². The van der Waals surface area contributed by atoms with Gasteiger partial charge in [0.15, 0.2) is 0 Å². The number of benzene rings is 2. The van der Waals surface area contributed by atoms with Crippen LogP contribution in [0.5, 0.6) is 11.5 Å². The van der Waals surface area contributed by atoms with E-state index in [1.54, 1.807) is 13.2 Å². The molecule has 1 spiro atoms. The predicted molar refractivity (Wildman–Crippen MR) is 99.9 cm³/mol. The molecule has 26 heavy (non-hydrogen) atoms. The zero-order valence-electron chi connectivity index (χ0n) is 15.1. The number of ether oxygens (including phenoxy) is 2. The molecule has 4 rings (SSSR count). The molecule has 0 amide bonds. The van der Waals surface area contributed by atoms with Crippen molar-refractivity contribution >= 4 is 17.5 Å². The summed E-state index contributed by atoms with van der Waals surface area (Å²) in [5.74, 6) is 1.08. The second-order valence-corrected chi connectivity index (χ2v) is 7.15. The molecular weight excluding hydrogens is 332 g/mol. The molecule has 2 heterocycles. The predicted octanol–water partition coefficient (Wildman–Crippen LogP) is 4.13. The normalized spacial score (nSPS) is 21.9. The van der Waals surface area contributed by atoms with Gasteiger partial charge in [0, 0.05) is 24.4 Å². The summed E-state index contributed by atoms with van der Waals surface area (Å²) in [6.45, 7) is 4.16. The number of para-hydroxylation sites is 1. The lowest BCUT2D eigenvalue weighted by molar-refractivity contribution is -0.386. The lowest BCUT2D eigenvalue weighted by Crippen LogP contribution is -2.58. The van der Waals surface area contributed by atoms with Crippen LogP contribution >= 0.6 is 0 Å². The maximum Gasteiger partial charge on any atom is 0.311 e. The number of fused-ring (bicyclic) bond motifs is 2. The van der Waals surface area contributed by atoms with Gasteiger partial charge in [-0.15, -0.1) is 0 Å². The van der Waals surface area contributed by atoms with Crippen molar-refractivity contribution in [3.8, 4) is 11.5 Å². The number of anilines is 1. The van der Waals surface area contributed by atoms with Crippen LogP contribution in [0.1, 0.15) is 25.0 Å². The number of nitrogens with zero attached hydrogens (tertiary/aromatic N) is 2. The van der Waals surface area contributed by atoms with Gasteiger partial charge in [0.25, 0.3) is 0 Å². The standard InChI is InChI=1S/C20H20N2O4/c1-19(2)15-12-14(25-4)8-9-16(15)21(3)20(19)11-10-13-6-5-7-17(22(23)24)18(13)26-20/h5-12H,1-4H3/t20-/m0/s1. The Morgan fingerprint density at radius 2 is 2.00 bits per heavy atom. The number of methoxy groups -OCH3 is 1. The van der Waals surface area contributed by atoms with Gasteiger partial charge in [0.1, 0.15) is 5.75 Å². The van der Waals surface area contributed by atoms with Crippen molar-refractivity contribution in [2.75, 3.05) is 19.1 Å². The lowest BCUT2D eigenvalue weighted by atomic mass is 9.76. The maximum absolute atomic E-state index is 11.5. The van der Waals surface area contributed by atoms with E-state index in [0.717, 1.165) is 17.0 Å². The van der Waals surface area contributed by atoms with Gasteiger partial charge in [-0.3, -0.25) is 10.1 Å². The fourth-order valence-corrected chi connectivity index (χ4v) is 4.06. The van der Waals surface area contributed by atoms with Crippen molar-refractivity contribution < 1.29 is 14.4 Å². The molecule has 2 aliphatic rings. The van der Waals surface area contributed by atoms with Crippen molar-refractivity contribution in [1.29, 1.82) is 0 Å². The van der Waals surface area contributed by atoms with Gasteiger partial charge in [-0.2, -0.15) is 0 Å². The monoisotopic (exact) mass is 352 g/mol. The van der Waals surface area contributed by atoms with E-state index >= 15 is 0 Å². The van der Waals surface area contributed by atoms with Crippen LogP contribution in [0.3, 0.4) is 0 Å². The highest BCUT2D eigenvalue weighted by Crippen LogP contribution is 2.55. The Bertz CT molecular complexity index is 951. The van der Waals surface area contributed by atoms with Gasteiger partial charge >= 0.3 is 5.69 Å². The first kappa shape index (κ1) is 16.4. The average molecular weight is 352 g/mol. The number of nitro groups is 1. The van der Waals surface area contributed by atoms with E-state index in [1.165, 1.54) is 6.07 Å². The van der Waals surface area contributed by atoms with Crippen LogP contribution in [0, 0.1) is 10.1 Å². The summed E-state index contributed by atoms with van der Waals surface area (Å²) in [4.78, 5) is 13.1. The van der Waals surface area contributed by atoms with E-state index < -0.39 is 16.1 Å². The summed E-state index contributed by atoms with van der Waals surface area (Å²) in [5, 5.41) is 11.5. The molecule has 0 aliphatic carbocycles. The molecule has 0 radical (unpaired) electrons. The Hall–Kier alpha value is -3.02. The van der Waals surface area contributed by atoms with E-state index in [4.69, 9.17) is 9.47 Å². The zero-order chi connectivity index (χ0) is 18.7. The van der Waals surface area contributed by atoms with Gasteiger partial charge in [-0.25, -0.2) is 0 Å². The fourth-order valence-electron chi connectivity index (χ4n) is 4.06. The summed E-state index contributed by atoms with van der Waals surface area (Å²) in [7, 11) is 3.59. The first-order valence-electron chi connectivity index (χ1n) is 8.40. The van der Waals surface area contributed by atoms with Crippen molar-refractivity contribution in [2.45, 2.75) is 25.0 Å². The minimum atomic E-state index is -0.860. The number of nitro benzene ring substituents is 1. The van der Waals surface area contributed by atoms with Crippen molar-refractivity contribution in [3.05, 3.63) is 63.7 Å². The summed E-state index contributed by atoms with van der Waals surface area (Å²) in [6.07, 6.45) is 3.90. The Balaban J connectivity index is 1.90. The second-order valence-electron chi connectivity index (χ2n) is 7.15. The van der Waals surface area contributed by atoms with Crippen molar-refractivity contribution in [2.24, 2.45) is 0 Å². The average Bonchev–Trinajstić information content (AvgIpc) is 2.79. The maximum atomic E-state index is 11.5. The van der Waals surface area contributed by atoms with Crippen LogP contribution in [0.4, 0.5) is 11.4 Å². The molecule has 0 aromatic heterocycles. The minimum Gasteiger partial charge on any atom is -0.497 e. The quantitative estimate of drug-likeness (QED) is 0.600. The molecule has 1 atom stereocenters. The third kappa shape index (κ3) is 1.92.